The van der Waals surface area contributed by atoms with Crippen LogP contribution >= 0.6 is 0 Å². The molecule has 6 heteroatoms. The SMILES string of the molecule is CC(=O)OC[C@@H]1[C@@H](C(F)(F)F)N1Cc1ccccc1. The summed E-state index contributed by atoms with van der Waals surface area (Å²) in [5.74, 6) is -0.563. The Morgan fingerprint density at radius 2 is 1.95 bits per heavy atom. The van der Waals surface area contributed by atoms with E-state index in [1.165, 1.54) is 11.8 Å². The number of carbonyl (C=O) groups excluding carboxylic acids is 1. The third-order valence-corrected chi connectivity index (χ3v) is 3.06. The summed E-state index contributed by atoms with van der Waals surface area (Å²) in [7, 11) is 0. The lowest BCUT2D eigenvalue weighted by Gasteiger charge is -2.06. The van der Waals surface area contributed by atoms with Crippen molar-refractivity contribution >= 4 is 5.97 Å². The van der Waals surface area contributed by atoms with Crippen LogP contribution in [0.3, 0.4) is 0 Å². The minimum absolute atomic E-state index is 0.205. The molecule has 0 aromatic heterocycles. The highest BCUT2D eigenvalue weighted by molar-refractivity contribution is 5.66. The second-order valence-corrected chi connectivity index (χ2v) is 4.51. The summed E-state index contributed by atoms with van der Waals surface area (Å²) in [6.45, 7) is 1.18. The Bertz CT molecular complexity index is 447. The van der Waals surface area contributed by atoms with Gasteiger partial charge in [-0.1, -0.05) is 30.3 Å². The van der Waals surface area contributed by atoms with Crippen LogP contribution in [0.25, 0.3) is 0 Å². The first kappa shape index (κ1) is 13.9. The summed E-state index contributed by atoms with van der Waals surface area (Å²) in [6, 6.07) is 6.62. The van der Waals surface area contributed by atoms with E-state index >= 15 is 0 Å². The van der Waals surface area contributed by atoms with E-state index in [1.54, 1.807) is 24.3 Å². The minimum Gasteiger partial charge on any atom is -0.464 e. The largest absolute Gasteiger partial charge is 0.464 e. The number of benzene rings is 1. The molecule has 104 valence electrons. The Kier molecular flexibility index (Phi) is 3.80. The van der Waals surface area contributed by atoms with E-state index in [0.29, 0.717) is 0 Å². The number of alkyl halides is 3. The highest BCUT2D eigenvalue weighted by atomic mass is 19.4. The molecule has 0 spiro atoms. The van der Waals surface area contributed by atoms with Gasteiger partial charge in [0.25, 0.3) is 0 Å². The predicted molar refractivity (Wildman–Crippen MR) is 62.2 cm³/mol. The van der Waals surface area contributed by atoms with Gasteiger partial charge >= 0.3 is 12.1 Å². The van der Waals surface area contributed by atoms with Crippen molar-refractivity contribution in [3.05, 3.63) is 35.9 Å². The normalized spacial score (nSPS) is 26.0. The fourth-order valence-corrected chi connectivity index (χ4v) is 2.14. The van der Waals surface area contributed by atoms with Crippen LogP contribution < -0.4 is 0 Å². The van der Waals surface area contributed by atoms with Gasteiger partial charge in [-0.25, -0.2) is 0 Å². The number of hydrogen-bond donors (Lipinski definition) is 0. The maximum atomic E-state index is 12.8. The average Bonchev–Trinajstić information content (AvgIpc) is 3.01. The molecule has 0 radical (unpaired) electrons. The number of nitrogens with zero attached hydrogens (tertiary/aromatic N) is 1. The predicted octanol–water partition coefficient (Wildman–Crippen LogP) is 2.36. The number of halogens is 3. The number of esters is 1. The number of ether oxygens (including phenoxy) is 1. The van der Waals surface area contributed by atoms with Crippen molar-refractivity contribution < 1.29 is 22.7 Å². The summed E-state index contributed by atoms with van der Waals surface area (Å²) in [6.07, 6.45) is -4.29. The standard InChI is InChI=1S/C13H14F3NO2/c1-9(18)19-8-11-12(13(14,15)16)17(11)7-10-5-3-2-4-6-10/h2-6,11-12H,7-8H2,1H3/t11-,12+,17?/m1/s1. The Balaban J connectivity index is 1.99. The van der Waals surface area contributed by atoms with Gasteiger partial charge in [-0.3, -0.25) is 9.69 Å². The lowest BCUT2D eigenvalue weighted by molar-refractivity contribution is -0.144. The molecule has 0 amide bonds. The molecule has 1 aliphatic rings. The quantitative estimate of drug-likeness (QED) is 0.623. The molecule has 19 heavy (non-hydrogen) atoms. The monoisotopic (exact) mass is 273 g/mol. The van der Waals surface area contributed by atoms with Gasteiger partial charge in [0, 0.05) is 13.5 Å². The van der Waals surface area contributed by atoms with Crippen LogP contribution in [0.2, 0.25) is 0 Å². The van der Waals surface area contributed by atoms with Gasteiger partial charge in [-0.05, 0) is 5.56 Å². The molecule has 3 atom stereocenters. The van der Waals surface area contributed by atoms with E-state index in [4.69, 9.17) is 0 Å². The Labute approximate surface area is 109 Å². The zero-order valence-electron chi connectivity index (χ0n) is 10.4. The minimum atomic E-state index is -4.29. The fraction of sp³-hybridized carbons (Fsp3) is 0.462. The molecule has 0 bridgehead atoms. The lowest BCUT2D eigenvalue weighted by Crippen LogP contribution is -2.22. The van der Waals surface area contributed by atoms with Crippen LogP contribution in [-0.4, -0.2) is 35.7 Å². The maximum Gasteiger partial charge on any atom is 0.405 e. The first-order valence-electron chi connectivity index (χ1n) is 5.89. The maximum absolute atomic E-state index is 12.8. The number of carbonyl (C=O) groups is 1. The summed E-state index contributed by atoms with van der Waals surface area (Å²) < 4.78 is 43.0. The van der Waals surface area contributed by atoms with Crippen molar-refractivity contribution in [2.75, 3.05) is 6.61 Å². The first-order valence-corrected chi connectivity index (χ1v) is 5.89. The summed E-state index contributed by atoms with van der Waals surface area (Å²) >= 11 is 0. The van der Waals surface area contributed by atoms with E-state index in [1.807, 2.05) is 6.07 Å². The third-order valence-electron chi connectivity index (χ3n) is 3.06. The molecule has 0 N–H and O–H groups in total. The molecule has 1 fully saturated rings. The lowest BCUT2D eigenvalue weighted by atomic mass is 10.2. The Morgan fingerprint density at radius 1 is 1.32 bits per heavy atom. The van der Waals surface area contributed by atoms with Gasteiger partial charge < -0.3 is 4.74 Å². The van der Waals surface area contributed by atoms with Crippen LogP contribution in [0.5, 0.6) is 0 Å². The van der Waals surface area contributed by atoms with E-state index in [2.05, 4.69) is 4.74 Å². The van der Waals surface area contributed by atoms with Gasteiger partial charge in [-0.15, -0.1) is 0 Å². The molecule has 3 nitrogen and oxygen atoms in total. The Morgan fingerprint density at radius 3 is 2.47 bits per heavy atom. The first-order chi connectivity index (χ1) is 8.89. The van der Waals surface area contributed by atoms with Crippen LogP contribution in [0.1, 0.15) is 12.5 Å². The Hall–Kier alpha value is -1.56. The molecule has 1 heterocycles. The van der Waals surface area contributed by atoms with Gasteiger partial charge in [-0.2, -0.15) is 13.2 Å². The van der Waals surface area contributed by atoms with Crippen LogP contribution in [0.4, 0.5) is 13.2 Å². The molecule has 1 aromatic rings. The topological polar surface area (TPSA) is 29.3 Å². The van der Waals surface area contributed by atoms with Crippen molar-refractivity contribution in [2.24, 2.45) is 0 Å². The molecular weight excluding hydrogens is 259 g/mol. The molecule has 0 saturated carbocycles. The second-order valence-electron chi connectivity index (χ2n) is 4.51. The molecule has 2 rings (SSSR count). The zero-order valence-corrected chi connectivity index (χ0v) is 10.4. The fourth-order valence-electron chi connectivity index (χ4n) is 2.14. The van der Waals surface area contributed by atoms with E-state index in [0.717, 1.165) is 5.56 Å². The molecular formula is C13H14F3NO2. The van der Waals surface area contributed by atoms with E-state index in [9.17, 15) is 18.0 Å². The summed E-state index contributed by atoms with van der Waals surface area (Å²) in [5.41, 5.74) is 0.807. The summed E-state index contributed by atoms with van der Waals surface area (Å²) in [4.78, 5) is 12.0. The van der Waals surface area contributed by atoms with Crippen molar-refractivity contribution in [1.82, 2.24) is 4.90 Å². The molecule has 1 unspecified atom stereocenters. The van der Waals surface area contributed by atoms with Crippen molar-refractivity contribution in [1.29, 1.82) is 0 Å². The van der Waals surface area contributed by atoms with Gasteiger partial charge in [0.1, 0.15) is 12.6 Å². The van der Waals surface area contributed by atoms with Crippen molar-refractivity contribution in [2.45, 2.75) is 31.7 Å². The number of hydrogen-bond acceptors (Lipinski definition) is 3. The average molecular weight is 273 g/mol. The zero-order chi connectivity index (χ0) is 14.0. The molecule has 1 aliphatic heterocycles. The third kappa shape index (κ3) is 3.47. The molecule has 1 aromatic carbocycles. The van der Waals surface area contributed by atoms with E-state index < -0.39 is 24.2 Å². The van der Waals surface area contributed by atoms with Gasteiger partial charge in [0.15, 0.2) is 0 Å². The summed E-state index contributed by atoms with van der Waals surface area (Å²) in [5, 5.41) is 0. The van der Waals surface area contributed by atoms with E-state index in [-0.39, 0.29) is 13.2 Å². The van der Waals surface area contributed by atoms with Gasteiger partial charge in [0.2, 0.25) is 0 Å². The van der Waals surface area contributed by atoms with Crippen molar-refractivity contribution in [3.8, 4) is 0 Å². The smallest absolute Gasteiger partial charge is 0.405 e. The van der Waals surface area contributed by atoms with Gasteiger partial charge in [0.05, 0.1) is 6.04 Å². The second kappa shape index (κ2) is 5.21. The molecule has 0 aliphatic carbocycles. The van der Waals surface area contributed by atoms with Crippen LogP contribution in [0.15, 0.2) is 30.3 Å². The van der Waals surface area contributed by atoms with Crippen molar-refractivity contribution in [3.63, 3.8) is 0 Å². The highest BCUT2D eigenvalue weighted by Crippen LogP contribution is 2.42. The van der Waals surface area contributed by atoms with Crippen LogP contribution in [0, 0.1) is 0 Å². The molecule has 1 saturated heterocycles. The highest BCUT2D eigenvalue weighted by Gasteiger charge is 2.62. The van der Waals surface area contributed by atoms with Crippen LogP contribution in [-0.2, 0) is 16.1 Å². The number of rotatable bonds is 4.